The number of aromatic nitrogens is 2. The maximum absolute atomic E-state index is 13.4. The summed E-state index contributed by atoms with van der Waals surface area (Å²) in [6.07, 6.45) is -0.997. The van der Waals surface area contributed by atoms with Gasteiger partial charge < -0.3 is 10.7 Å². The van der Waals surface area contributed by atoms with Gasteiger partial charge in [0.2, 0.25) is 0 Å². The predicted octanol–water partition coefficient (Wildman–Crippen LogP) is 3.23. The van der Waals surface area contributed by atoms with Gasteiger partial charge in [0.05, 0.1) is 30.2 Å². The Labute approximate surface area is 169 Å². The van der Waals surface area contributed by atoms with Crippen LogP contribution in [-0.4, -0.2) is 34.7 Å². The first kappa shape index (κ1) is 20.8. The molecule has 7 nitrogen and oxygen atoms in total. The zero-order valence-electron chi connectivity index (χ0n) is 15.4. The first-order valence-corrected chi connectivity index (χ1v) is 9.09. The molecule has 154 valence electrons. The van der Waals surface area contributed by atoms with Crippen molar-refractivity contribution in [3.8, 4) is 0 Å². The van der Waals surface area contributed by atoms with Gasteiger partial charge in [0.25, 0.3) is 12.0 Å². The van der Waals surface area contributed by atoms with Gasteiger partial charge in [-0.05, 0) is 24.6 Å². The van der Waals surface area contributed by atoms with Gasteiger partial charge in [-0.2, -0.15) is 10.2 Å². The smallest absolute Gasteiger partial charge is 0.285 e. The van der Waals surface area contributed by atoms with Crippen LogP contribution in [0.25, 0.3) is 0 Å². The van der Waals surface area contributed by atoms with E-state index in [-0.39, 0.29) is 17.1 Å². The van der Waals surface area contributed by atoms with E-state index in [9.17, 15) is 18.0 Å². The molecule has 1 aliphatic heterocycles. The average Bonchev–Trinajstić information content (AvgIpc) is 2.70. The zero-order valence-corrected chi connectivity index (χ0v) is 16.1. The van der Waals surface area contributed by atoms with Gasteiger partial charge >= 0.3 is 0 Å². The number of benzene rings is 1. The van der Waals surface area contributed by atoms with E-state index in [1.54, 1.807) is 11.8 Å². The maximum Gasteiger partial charge on any atom is 0.285 e. The number of hydrogen-bond donors (Lipinski definition) is 2. The topological polar surface area (TPSA) is 99.7 Å². The highest BCUT2D eigenvalue weighted by molar-refractivity contribution is 6.44. The summed E-state index contributed by atoms with van der Waals surface area (Å²) in [6.45, 7) is 2.31. The molecule has 1 aromatic carbocycles. The minimum Gasteiger partial charge on any atom is -0.362 e. The van der Waals surface area contributed by atoms with Crippen LogP contribution in [0.3, 0.4) is 0 Å². The second kappa shape index (κ2) is 8.64. The summed E-state index contributed by atoms with van der Waals surface area (Å²) in [6, 6.07) is 2.60. The van der Waals surface area contributed by atoms with Crippen LogP contribution < -0.4 is 16.3 Å². The lowest BCUT2D eigenvalue weighted by Crippen LogP contribution is -2.42. The Hall–Kier alpha value is -2.88. The number of nitrogens with two attached hydrogens (primary N) is 1. The minimum atomic E-state index is -2.82. The molecule has 0 amide bonds. The van der Waals surface area contributed by atoms with Crippen LogP contribution in [0.2, 0.25) is 5.02 Å². The van der Waals surface area contributed by atoms with Crippen LogP contribution in [0.4, 0.5) is 18.9 Å². The van der Waals surface area contributed by atoms with Crippen molar-refractivity contribution in [3.05, 3.63) is 56.7 Å². The lowest BCUT2D eigenvalue weighted by Gasteiger charge is -2.31. The molecule has 1 atom stereocenters. The number of H-pyrrole nitrogens is 1. The van der Waals surface area contributed by atoms with Crippen LogP contribution in [0, 0.1) is 5.82 Å². The van der Waals surface area contributed by atoms with Crippen molar-refractivity contribution in [1.29, 1.82) is 0 Å². The molecule has 3 rings (SSSR count). The summed E-state index contributed by atoms with van der Waals surface area (Å²) in [5.41, 5.74) is 0.734. The van der Waals surface area contributed by atoms with Crippen LogP contribution in [0.5, 0.6) is 0 Å². The Kier molecular flexibility index (Phi) is 6.21. The van der Waals surface area contributed by atoms with Gasteiger partial charge in [0.15, 0.2) is 0 Å². The summed E-state index contributed by atoms with van der Waals surface area (Å²) in [7, 11) is 0. The number of rotatable bonds is 4. The highest BCUT2D eigenvalue weighted by atomic mass is 35.5. The van der Waals surface area contributed by atoms with Gasteiger partial charge in [-0.25, -0.2) is 18.3 Å². The van der Waals surface area contributed by atoms with Crippen molar-refractivity contribution in [2.24, 2.45) is 15.9 Å². The maximum atomic E-state index is 13.4. The van der Waals surface area contributed by atoms with E-state index in [0.29, 0.717) is 30.1 Å². The number of hydrazone groups is 1. The van der Waals surface area contributed by atoms with E-state index in [0.717, 1.165) is 12.1 Å². The van der Waals surface area contributed by atoms with Crippen LogP contribution in [0.1, 0.15) is 36.9 Å². The fourth-order valence-corrected chi connectivity index (χ4v) is 3.42. The Bertz CT molecular complexity index is 1020. The average molecular weight is 427 g/mol. The molecule has 1 aromatic heterocycles. The van der Waals surface area contributed by atoms with Crippen molar-refractivity contribution in [3.63, 3.8) is 0 Å². The summed E-state index contributed by atoms with van der Waals surface area (Å²) >= 11 is 6.05. The third kappa shape index (κ3) is 4.42. The summed E-state index contributed by atoms with van der Waals surface area (Å²) in [4.78, 5) is 18.0. The highest BCUT2D eigenvalue weighted by Gasteiger charge is 2.26. The molecule has 0 bridgehead atoms. The lowest BCUT2D eigenvalue weighted by molar-refractivity contribution is 0.149. The quantitative estimate of drug-likeness (QED) is 0.579. The van der Waals surface area contributed by atoms with Crippen molar-refractivity contribution in [2.75, 3.05) is 18.0 Å². The Morgan fingerprint density at radius 3 is 2.76 bits per heavy atom. The van der Waals surface area contributed by atoms with Crippen LogP contribution in [0.15, 0.2) is 39.3 Å². The highest BCUT2D eigenvalue weighted by Crippen LogP contribution is 2.31. The molecule has 1 fully saturated rings. The van der Waals surface area contributed by atoms with Crippen molar-refractivity contribution in [1.82, 2.24) is 10.2 Å². The lowest BCUT2D eigenvalue weighted by atomic mass is 10.00. The number of aromatic amines is 1. The number of halogens is 4. The SMILES string of the molecule is CC(N=C1CCN(c2cn[nH]c(=O)c2Cl)CC1=NN)c1ccc(F)cc1C(F)F. The number of anilines is 1. The van der Waals surface area contributed by atoms with E-state index >= 15 is 0 Å². The Balaban J connectivity index is 1.87. The van der Waals surface area contributed by atoms with Crippen LogP contribution >= 0.6 is 11.6 Å². The number of alkyl halides is 2. The molecule has 29 heavy (non-hydrogen) atoms. The number of nitrogens with zero attached hydrogens (tertiary/aromatic N) is 4. The number of nitrogens with one attached hydrogen (secondary N) is 1. The van der Waals surface area contributed by atoms with E-state index in [1.807, 2.05) is 0 Å². The number of piperidine rings is 1. The normalized spacial score (nSPS) is 18.6. The number of aliphatic imine (C=N–C) groups is 1. The summed E-state index contributed by atoms with van der Waals surface area (Å²) < 4.78 is 39.9. The third-order valence-corrected chi connectivity index (χ3v) is 5.01. The molecule has 1 unspecified atom stereocenters. The first-order valence-electron chi connectivity index (χ1n) is 8.71. The molecular weight excluding hydrogens is 409 g/mol. The Morgan fingerprint density at radius 1 is 1.31 bits per heavy atom. The molecule has 11 heteroatoms. The fraction of sp³-hybridized carbons (Fsp3) is 0.333. The fourth-order valence-electron chi connectivity index (χ4n) is 3.21. The van der Waals surface area contributed by atoms with Crippen molar-refractivity contribution >= 4 is 28.7 Å². The Morgan fingerprint density at radius 2 is 2.07 bits per heavy atom. The second-order valence-electron chi connectivity index (χ2n) is 6.47. The van der Waals surface area contributed by atoms with Gasteiger partial charge in [-0.3, -0.25) is 9.79 Å². The molecule has 0 spiro atoms. The predicted molar refractivity (Wildman–Crippen MR) is 106 cm³/mol. The van der Waals surface area contributed by atoms with E-state index < -0.39 is 29.4 Å². The summed E-state index contributed by atoms with van der Waals surface area (Å²) in [5, 5.41) is 9.75. The zero-order chi connectivity index (χ0) is 21.1. The van der Waals surface area contributed by atoms with E-state index in [4.69, 9.17) is 17.4 Å². The third-order valence-electron chi connectivity index (χ3n) is 4.65. The molecule has 2 heterocycles. The number of hydrogen-bond acceptors (Lipinski definition) is 6. The molecule has 1 saturated heterocycles. The molecule has 2 aromatic rings. The molecule has 0 radical (unpaired) electrons. The largest absolute Gasteiger partial charge is 0.362 e. The van der Waals surface area contributed by atoms with Gasteiger partial charge in [0.1, 0.15) is 16.6 Å². The monoisotopic (exact) mass is 426 g/mol. The molecule has 1 aliphatic rings. The summed E-state index contributed by atoms with van der Waals surface area (Å²) in [5.74, 6) is 4.78. The van der Waals surface area contributed by atoms with E-state index in [2.05, 4.69) is 20.3 Å². The second-order valence-corrected chi connectivity index (χ2v) is 6.85. The first-order chi connectivity index (χ1) is 13.8. The van der Waals surface area contributed by atoms with E-state index in [1.165, 1.54) is 12.3 Å². The van der Waals surface area contributed by atoms with Crippen molar-refractivity contribution < 1.29 is 13.2 Å². The molecule has 0 aliphatic carbocycles. The molecule has 3 N–H and O–H groups in total. The molecule has 0 saturated carbocycles. The van der Waals surface area contributed by atoms with Crippen molar-refractivity contribution in [2.45, 2.75) is 25.8 Å². The van der Waals surface area contributed by atoms with Gasteiger partial charge in [-0.1, -0.05) is 17.7 Å². The van der Waals surface area contributed by atoms with Gasteiger partial charge in [0, 0.05) is 18.5 Å². The molecular formula is C18H18ClF3N6O. The van der Waals surface area contributed by atoms with Crippen LogP contribution in [-0.2, 0) is 0 Å². The standard InChI is InChI=1S/C18H18ClF3N6O/c1-9(11-3-2-10(20)6-12(11)17(21)22)25-13-4-5-28(8-14(13)26-23)15-7-24-27-18(29)16(15)19/h2-3,6-7,9,17H,4-5,8,23H2,1H3,(H,27,29). The van der Waals surface area contributed by atoms with Gasteiger partial charge in [-0.15, -0.1) is 0 Å². The minimum absolute atomic E-state index is 0.00184.